The first-order valence-electron chi connectivity index (χ1n) is 9.80. The standard InChI is InChI=1S/C20H30N4O2/c1-26-20(25)9-8-17-13-22-19(14-21-17)23-18-7-4-11-24(15-18)12-10-16-5-2-3-6-16/h8-9,13-14,16,18H,2-7,10-12,15H2,1H3,(H,22,23)/b9-8+/t18-/m1/s1. The molecule has 6 nitrogen and oxygen atoms in total. The van der Waals surface area contributed by atoms with Crippen molar-refractivity contribution in [2.45, 2.75) is 51.0 Å². The molecular formula is C20H30N4O2. The molecule has 1 atom stereocenters. The minimum Gasteiger partial charge on any atom is -0.466 e. The van der Waals surface area contributed by atoms with Crippen LogP contribution in [0.1, 0.15) is 50.6 Å². The highest BCUT2D eigenvalue weighted by molar-refractivity contribution is 5.86. The molecular weight excluding hydrogens is 328 g/mol. The number of carbonyl (C=O) groups is 1. The largest absolute Gasteiger partial charge is 0.466 e. The zero-order valence-corrected chi connectivity index (χ0v) is 15.7. The van der Waals surface area contributed by atoms with Crippen molar-refractivity contribution in [1.82, 2.24) is 14.9 Å². The van der Waals surface area contributed by atoms with Crippen molar-refractivity contribution in [2.75, 3.05) is 32.1 Å². The molecule has 1 N–H and O–H groups in total. The van der Waals surface area contributed by atoms with Gasteiger partial charge in [-0.2, -0.15) is 0 Å². The molecule has 1 aromatic heterocycles. The second kappa shape index (κ2) is 9.67. The van der Waals surface area contributed by atoms with Crippen LogP contribution in [0.25, 0.3) is 6.08 Å². The summed E-state index contributed by atoms with van der Waals surface area (Å²) in [5.41, 5.74) is 0.641. The van der Waals surface area contributed by atoms with E-state index < -0.39 is 5.97 Å². The highest BCUT2D eigenvalue weighted by atomic mass is 16.5. The minimum absolute atomic E-state index is 0.395. The summed E-state index contributed by atoms with van der Waals surface area (Å²) in [5.74, 6) is 1.36. The van der Waals surface area contributed by atoms with Crippen molar-refractivity contribution in [1.29, 1.82) is 0 Å². The van der Waals surface area contributed by atoms with E-state index in [1.54, 1.807) is 18.5 Å². The van der Waals surface area contributed by atoms with E-state index in [-0.39, 0.29) is 0 Å². The van der Waals surface area contributed by atoms with Gasteiger partial charge < -0.3 is 15.0 Å². The van der Waals surface area contributed by atoms with Crippen molar-refractivity contribution in [3.63, 3.8) is 0 Å². The summed E-state index contributed by atoms with van der Waals surface area (Å²) in [5, 5.41) is 3.51. The summed E-state index contributed by atoms with van der Waals surface area (Å²) in [6, 6.07) is 0.429. The Hall–Kier alpha value is -1.95. The van der Waals surface area contributed by atoms with E-state index in [0.717, 1.165) is 18.3 Å². The van der Waals surface area contributed by atoms with Gasteiger partial charge in [-0.25, -0.2) is 9.78 Å². The lowest BCUT2D eigenvalue weighted by Crippen LogP contribution is -2.42. The normalized spacial score (nSPS) is 22.0. The van der Waals surface area contributed by atoms with E-state index in [9.17, 15) is 4.79 Å². The van der Waals surface area contributed by atoms with Gasteiger partial charge in [-0.1, -0.05) is 25.7 Å². The molecule has 6 heteroatoms. The summed E-state index contributed by atoms with van der Waals surface area (Å²) >= 11 is 0. The first kappa shape index (κ1) is 18.8. The molecule has 1 saturated heterocycles. The molecule has 3 rings (SSSR count). The second-order valence-corrected chi connectivity index (χ2v) is 7.41. The zero-order valence-electron chi connectivity index (χ0n) is 15.7. The van der Waals surface area contributed by atoms with Crippen molar-refractivity contribution in [3.05, 3.63) is 24.2 Å². The van der Waals surface area contributed by atoms with E-state index in [4.69, 9.17) is 0 Å². The van der Waals surface area contributed by atoms with Crippen molar-refractivity contribution in [2.24, 2.45) is 5.92 Å². The molecule has 142 valence electrons. The molecule has 1 aliphatic heterocycles. The van der Waals surface area contributed by atoms with Gasteiger partial charge in [-0.15, -0.1) is 0 Å². The van der Waals surface area contributed by atoms with Gasteiger partial charge in [0.05, 0.1) is 25.2 Å². The van der Waals surface area contributed by atoms with E-state index in [1.165, 1.54) is 71.2 Å². The van der Waals surface area contributed by atoms with Crippen LogP contribution >= 0.6 is 0 Å². The topological polar surface area (TPSA) is 67.3 Å². The number of piperidine rings is 1. The lowest BCUT2D eigenvalue weighted by atomic mass is 10.0. The third-order valence-corrected chi connectivity index (χ3v) is 5.45. The molecule has 1 aromatic rings. The zero-order chi connectivity index (χ0) is 18.2. The average Bonchev–Trinajstić information content (AvgIpc) is 3.19. The van der Waals surface area contributed by atoms with Crippen molar-refractivity contribution in [3.8, 4) is 0 Å². The Bertz CT molecular complexity index is 596. The van der Waals surface area contributed by atoms with Gasteiger partial charge in [0.15, 0.2) is 0 Å². The Labute approximate surface area is 156 Å². The molecule has 26 heavy (non-hydrogen) atoms. The fourth-order valence-corrected chi connectivity index (χ4v) is 3.97. The maximum Gasteiger partial charge on any atom is 0.330 e. The third-order valence-electron chi connectivity index (χ3n) is 5.45. The number of nitrogens with one attached hydrogen (secondary N) is 1. The fourth-order valence-electron chi connectivity index (χ4n) is 3.97. The number of methoxy groups -OCH3 is 1. The number of aromatic nitrogens is 2. The maximum atomic E-state index is 11.1. The number of carbonyl (C=O) groups excluding carboxylic acids is 1. The Balaban J connectivity index is 1.45. The van der Waals surface area contributed by atoms with Crippen LogP contribution in [0.15, 0.2) is 18.5 Å². The Morgan fingerprint density at radius 2 is 2.12 bits per heavy atom. The smallest absolute Gasteiger partial charge is 0.330 e. The molecule has 0 aromatic carbocycles. The monoisotopic (exact) mass is 358 g/mol. The third kappa shape index (κ3) is 5.80. The van der Waals surface area contributed by atoms with Gasteiger partial charge in [0.25, 0.3) is 0 Å². The van der Waals surface area contributed by atoms with Crippen LogP contribution < -0.4 is 5.32 Å². The predicted octanol–water partition coefficient (Wildman–Crippen LogP) is 3.12. The fraction of sp³-hybridized carbons (Fsp3) is 0.650. The van der Waals surface area contributed by atoms with Gasteiger partial charge >= 0.3 is 5.97 Å². The number of esters is 1. The minimum atomic E-state index is -0.395. The quantitative estimate of drug-likeness (QED) is 0.597. The molecule has 1 aliphatic carbocycles. The van der Waals surface area contributed by atoms with E-state index >= 15 is 0 Å². The summed E-state index contributed by atoms with van der Waals surface area (Å²) in [4.78, 5) is 22.4. The number of hydrogen-bond acceptors (Lipinski definition) is 6. The molecule has 2 heterocycles. The van der Waals surface area contributed by atoms with E-state index in [1.807, 2.05) is 0 Å². The molecule has 2 aliphatic rings. The second-order valence-electron chi connectivity index (χ2n) is 7.41. The number of ether oxygens (including phenoxy) is 1. The number of anilines is 1. The van der Waals surface area contributed by atoms with Gasteiger partial charge in [0.2, 0.25) is 0 Å². The van der Waals surface area contributed by atoms with Gasteiger partial charge in [-0.05, 0) is 44.3 Å². The summed E-state index contributed by atoms with van der Waals surface area (Å²) in [6.45, 7) is 3.53. The lowest BCUT2D eigenvalue weighted by molar-refractivity contribution is -0.134. The van der Waals surface area contributed by atoms with Gasteiger partial charge in [0, 0.05) is 18.7 Å². The van der Waals surface area contributed by atoms with Crippen molar-refractivity contribution < 1.29 is 9.53 Å². The van der Waals surface area contributed by atoms with Crippen LogP contribution in [-0.4, -0.2) is 53.6 Å². The molecule has 0 unspecified atom stereocenters. The molecule has 0 amide bonds. The molecule has 0 spiro atoms. The average molecular weight is 358 g/mol. The highest BCUT2D eigenvalue weighted by Crippen LogP contribution is 2.28. The van der Waals surface area contributed by atoms with Gasteiger partial charge in [0.1, 0.15) is 5.82 Å². The first-order valence-corrected chi connectivity index (χ1v) is 9.80. The molecule has 0 radical (unpaired) electrons. The SMILES string of the molecule is COC(=O)/C=C/c1cnc(N[C@@H]2CCCN(CCC3CCCC3)C2)cn1. The van der Waals surface area contributed by atoms with Crippen molar-refractivity contribution >= 4 is 17.9 Å². The first-order chi connectivity index (χ1) is 12.7. The lowest BCUT2D eigenvalue weighted by Gasteiger charge is -2.33. The van der Waals surface area contributed by atoms with Crippen LogP contribution in [0.3, 0.4) is 0 Å². The Kier molecular flexibility index (Phi) is 7.00. The van der Waals surface area contributed by atoms with Crippen LogP contribution in [-0.2, 0) is 9.53 Å². The van der Waals surface area contributed by atoms with Crippen LogP contribution in [0, 0.1) is 5.92 Å². The predicted molar refractivity (Wildman–Crippen MR) is 103 cm³/mol. The Morgan fingerprint density at radius 1 is 1.27 bits per heavy atom. The van der Waals surface area contributed by atoms with E-state index in [0.29, 0.717) is 11.7 Å². The molecule has 1 saturated carbocycles. The summed E-state index contributed by atoms with van der Waals surface area (Å²) in [7, 11) is 1.35. The Morgan fingerprint density at radius 3 is 2.85 bits per heavy atom. The van der Waals surface area contributed by atoms with Gasteiger partial charge in [-0.3, -0.25) is 4.98 Å². The maximum absolute atomic E-state index is 11.1. The van der Waals surface area contributed by atoms with E-state index in [2.05, 4.69) is 24.9 Å². The summed E-state index contributed by atoms with van der Waals surface area (Å²) in [6.07, 6.45) is 15.8. The molecule has 2 fully saturated rings. The van der Waals surface area contributed by atoms with Crippen LogP contribution in [0.2, 0.25) is 0 Å². The van der Waals surface area contributed by atoms with Crippen LogP contribution in [0.4, 0.5) is 5.82 Å². The number of likely N-dealkylation sites (tertiary alicyclic amines) is 1. The number of rotatable bonds is 7. The molecule has 0 bridgehead atoms. The summed E-state index contributed by atoms with van der Waals surface area (Å²) < 4.78 is 4.57. The highest BCUT2D eigenvalue weighted by Gasteiger charge is 2.22. The van der Waals surface area contributed by atoms with Crippen LogP contribution in [0.5, 0.6) is 0 Å². The number of hydrogen-bond donors (Lipinski definition) is 1. The number of nitrogens with zero attached hydrogens (tertiary/aromatic N) is 3.